The number of nitrogens with one attached hydrogen (secondary N) is 1. The van der Waals surface area contributed by atoms with Gasteiger partial charge in [-0.1, -0.05) is 30.2 Å². The van der Waals surface area contributed by atoms with Gasteiger partial charge in [-0.15, -0.1) is 0 Å². The second-order valence-corrected chi connectivity index (χ2v) is 7.08. The Bertz CT molecular complexity index is 822. The molecule has 1 amide bonds. The first-order valence-electron chi connectivity index (χ1n) is 8.56. The van der Waals surface area contributed by atoms with E-state index >= 15 is 0 Å². The zero-order chi connectivity index (χ0) is 19.4. The van der Waals surface area contributed by atoms with Crippen LogP contribution in [0.15, 0.2) is 36.7 Å². The van der Waals surface area contributed by atoms with Gasteiger partial charge in [0, 0.05) is 29.3 Å². The van der Waals surface area contributed by atoms with Crippen molar-refractivity contribution < 1.29 is 18.4 Å². The smallest absolute Gasteiger partial charge is 0.315 e. The first-order valence-corrected chi connectivity index (χ1v) is 8.93. The Labute approximate surface area is 160 Å². The Morgan fingerprint density at radius 1 is 1.15 bits per heavy atom. The Morgan fingerprint density at radius 3 is 2.30 bits per heavy atom. The maximum atomic E-state index is 12.1. The van der Waals surface area contributed by atoms with E-state index in [1.165, 1.54) is 18.0 Å². The molecule has 1 N–H and O–H groups in total. The van der Waals surface area contributed by atoms with Crippen LogP contribution in [-0.2, 0) is 16.6 Å². The molecule has 1 aliphatic rings. The molecular formula is C19H18ClF2N3O2. The van der Waals surface area contributed by atoms with Crippen LogP contribution in [0.25, 0.3) is 0 Å². The summed E-state index contributed by atoms with van der Waals surface area (Å²) in [4.78, 5) is 31.3. The van der Waals surface area contributed by atoms with Crippen molar-refractivity contribution in [2.45, 2.75) is 37.5 Å². The van der Waals surface area contributed by atoms with E-state index in [0.29, 0.717) is 17.3 Å². The number of alkyl halides is 2. The number of carbonyl (C=O) groups is 2. The lowest BCUT2D eigenvalue weighted by Gasteiger charge is -2.42. The van der Waals surface area contributed by atoms with Gasteiger partial charge < -0.3 is 5.32 Å². The van der Waals surface area contributed by atoms with Crippen molar-refractivity contribution >= 4 is 23.3 Å². The highest BCUT2D eigenvalue weighted by Crippen LogP contribution is 2.45. The van der Waals surface area contributed by atoms with Crippen molar-refractivity contribution in [1.29, 1.82) is 0 Å². The van der Waals surface area contributed by atoms with Crippen molar-refractivity contribution in [3.05, 3.63) is 58.6 Å². The lowest BCUT2D eigenvalue weighted by atomic mass is 9.62. The van der Waals surface area contributed by atoms with Gasteiger partial charge >= 0.3 is 6.43 Å². The summed E-state index contributed by atoms with van der Waals surface area (Å²) in [5, 5.41) is 2.56. The van der Waals surface area contributed by atoms with Crippen LogP contribution in [0, 0.1) is 0 Å². The molecule has 1 saturated carbocycles. The van der Waals surface area contributed by atoms with E-state index in [2.05, 4.69) is 9.97 Å². The summed E-state index contributed by atoms with van der Waals surface area (Å²) in [6, 6.07) is 7.77. The third-order valence-electron chi connectivity index (χ3n) is 4.91. The van der Waals surface area contributed by atoms with E-state index in [-0.39, 0.29) is 11.0 Å². The molecule has 0 saturated heterocycles. The standard InChI is InChI=1S/C19H18ClF2N3O2/c20-14-4-2-13(3-5-14)19(6-1-7-19)8-16-23-9-12(10-24-16)15(26)11-25-18(27)17(21)22/h2-5,9-10,17H,1,6-8,11H2,(H,25,27). The van der Waals surface area contributed by atoms with E-state index in [1.54, 1.807) is 0 Å². The summed E-state index contributed by atoms with van der Waals surface area (Å²) in [7, 11) is 0. The fraction of sp³-hybridized carbons (Fsp3) is 0.368. The van der Waals surface area contributed by atoms with Gasteiger partial charge in [0.25, 0.3) is 5.91 Å². The van der Waals surface area contributed by atoms with E-state index in [0.717, 1.165) is 19.3 Å². The average molecular weight is 394 g/mol. The number of halogens is 3. The zero-order valence-corrected chi connectivity index (χ0v) is 15.2. The van der Waals surface area contributed by atoms with Crippen LogP contribution in [-0.4, -0.2) is 34.6 Å². The van der Waals surface area contributed by atoms with Crippen LogP contribution in [0.1, 0.15) is 41.0 Å². The number of amides is 1. The van der Waals surface area contributed by atoms with Gasteiger partial charge in [-0.25, -0.2) is 9.97 Å². The van der Waals surface area contributed by atoms with Crippen LogP contribution in [0.2, 0.25) is 5.02 Å². The Balaban J connectivity index is 1.65. The molecule has 1 fully saturated rings. The maximum Gasteiger partial charge on any atom is 0.315 e. The molecule has 2 aromatic rings. The van der Waals surface area contributed by atoms with Crippen molar-refractivity contribution in [3.63, 3.8) is 0 Å². The monoisotopic (exact) mass is 393 g/mol. The van der Waals surface area contributed by atoms with E-state index < -0.39 is 24.7 Å². The number of hydrogen-bond donors (Lipinski definition) is 1. The molecule has 0 atom stereocenters. The molecule has 1 aromatic heterocycles. The van der Waals surface area contributed by atoms with Gasteiger partial charge in [-0.3, -0.25) is 9.59 Å². The van der Waals surface area contributed by atoms with Crippen LogP contribution in [0.3, 0.4) is 0 Å². The number of carbonyl (C=O) groups excluding carboxylic acids is 2. The maximum absolute atomic E-state index is 12.1. The van der Waals surface area contributed by atoms with Gasteiger partial charge in [0.15, 0.2) is 5.78 Å². The molecule has 8 heteroatoms. The first-order chi connectivity index (χ1) is 12.9. The van der Waals surface area contributed by atoms with Crippen LogP contribution < -0.4 is 5.32 Å². The Hall–Kier alpha value is -2.41. The number of Topliss-reactive ketones (excluding diaryl/α,β-unsaturated/α-hetero) is 1. The number of benzene rings is 1. The molecule has 0 radical (unpaired) electrons. The minimum Gasteiger partial charge on any atom is -0.344 e. The minimum atomic E-state index is -3.15. The van der Waals surface area contributed by atoms with Gasteiger partial charge in [0.1, 0.15) is 5.82 Å². The van der Waals surface area contributed by atoms with Crippen molar-refractivity contribution in [2.75, 3.05) is 6.54 Å². The molecule has 1 heterocycles. The summed E-state index contributed by atoms with van der Waals surface area (Å²) < 4.78 is 24.3. The fourth-order valence-corrected chi connectivity index (χ4v) is 3.34. The molecule has 142 valence electrons. The summed E-state index contributed by atoms with van der Waals surface area (Å²) >= 11 is 5.97. The summed E-state index contributed by atoms with van der Waals surface area (Å²) in [6.07, 6.45) is 3.41. The number of rotatable bonds is 7. The van der Waals surface area contributed by atoms with Crippen molar-refractivity contribution in [3.8, 4) is 0 Å². The zero-order valence-electron chi connectivity index (χ0n) is 14.4. The quantitative estimate of drug-likeness (QED) is 0.732. The second kappa shape index (κ2) is 8.08. The molecule has 1 aromatic carbocycles. The summed E-state index contributed by atoms with van der Waals surface area (Å²) in [5.74, 6) is -1.39. The van der Waals surface area contributed by atoms with Crippen LogP contribution >= 0.6 is 11.6 Å². The summed E-state index contributed by atoms with van der Waals surface area (Å²) in [5.41, 5.74) is 1.33. The Morgan fingerprint density at radius 2 is 1.78 bits per heavy atom. The SMILES string of the molecule is O=C(CNC(=O)C(F)F)c1cnc(CC2(c3ccc(Cl)cc3)CCC2)nc1. The molecule has 0 spiro atoms. The van der Waals surface area contributed by atoms with E-state index in [9.17, 15) is 18.4 Å². The van der Waals surface area contributed by atoms with Gasteiger partial charge in [0.05, 0.1) is 12.1 Å². The van der Waals surface area contributed by atoms with Crippen LogP contribution in [0.5, 0.6) is 0 Å². The highest BCUT2D eigenvalue weighted by atomic mass is 35.5. The van der Waals surface area contributed by atoms with Gasteiger partial charge in [-0.05, 0) is 30.5 Å². The normalized spacial score (nSPS) is 15.3. The Kier molecular flexibility index (Phi) is 5.79. The number of nitrogens with zero attached hydrogens (tertiary/aromatic N) is 2. The highest BCUT2D eigenvalue weighted by molar-refractivity contribution is 6.30. The van der Waals surface area contributed by atoms with Crippen molar-refractivity contribution in [2.24, 2.45) is 0 Å². The predicted octanol–water partition coefficient (Wildman–Crippen LogP) is 3.36. The van der Waals surface area contributed by atoms with Gasteiger partial charge in [0.2, 0.25) is 0 Å². The lowest BCUT2D eigenvalue weighted by molar-refractivity contribution is -0.131. The second-order valence-electron chi connectivity index (χ2n) is 6.65. The molecule has 0 unspecified atom stereocenters. The average Bonchev–Trinajstić information content (AvgIpc) is 2.63. The lowest BCUT2D eigenvalue weighted by Crippen LogP contribution is -2.37. The number of hydrogen-bond acceptors (Lipinski definition) is 4. The first kappa shape index (κ1) is 19.4. The van der Waals surface area contributed by atoms with E-state index in [1.807, 2.05) is 29.6 Å². The molecule has 5 nitrogen and oxygen atoms in total. The summed E-state index contributed by atoms with van der Waals surface area (Å²) in [6.45, 7) is -0.513. The molecule has 0 aliphatic heterocycles. The van der Waals surface area contributed by atoms with Crippen molar-refractivity contribution in [1.82, 2.24) is 15.3 Å². The predicted molar refractivity (Wildman–Crippen MR) is 96.1 cm³/mol. The molecule has 0 bridgehead atoms. The molecular weight excluding hydrogens is 376 g/mol. The third-order valence-corrected chi connectivity index (χ3v) is 5.16. The van der Waals surface area contributed by atoms with Gasteiger partial charge in [-0.2, -0.15) is 8.78 Å². The number of aromatic nitrogens is 2. The third kappa shape index (κ3) is 4.47. The minimum absolute atomic E-state index is 0.0264. The highest BCUT2D eigenvalue weighted by Gasteiger charge is 2.39. The topological polar surface area (TPSA) is 72.0 Å². The van der Waals surface area contributed by atoms with Crippen LogP contribution in [0.4, 0.5) is 8.78 Å². The van der Waals surface area contributed by atoms with E-state index in [4.69, 9.17) is 11.6 Å². The number of ketones is 1. The largest absolute Gasteiger partial charge is 0.344 e. The molecule has 27 heavy (non-hydrogen) atoms. The molecule has 3 rings (SSSR count). The molecule has 1 aliphatic carbocycles. The fourth-order valence-electron chi connectivity index (χ4n) is 3.21.